The Balaban J connectivity index is 2.00. The Hall–Kier alpha value is -0.930. The summed E-state index contributed by atoms with van der Waals surface area (Å²) in [6, 6.07) is 7.51. The van der Waals surface area contributed by atoms with Gasteiger partial charge in [-0.05, 0) is 37.2 Å². The first-order chi connectivity index (χ1) is 7.79. The van der Waals surface area contributed by atoms with Gasteiger partial charge < -0.3 is 5.32 Å². The molecule has 1 unspecified atom stereocenters. The molecule has 0 aromatic heterocycles. The predicted octanol–water partition coefficient (Wildman–Crippen LogP) is 2.01. The highest BCUT2D eigenvalue weighted by molar-refractivity contribution is 5.16. The molecule has 0 aliphatic carbocycles. The Labute approximate surface area is 96.5 Å². The van der Waals surface area contributed by atoms with Gasteiger partial charge in [-0.2, -0.15) is 0 Å². The average molecular weight is 222 g/mol. The lowest BCUT2D eigenvalue weighted by molar-refractivity contribution is 0.210. The summed E-state index contributed by atoms with van der Waals surface area (Å²) in [7, 11) is 0. The van der Waals surface area contributed by atoms with Crippen molar-refractivity contribution in [2.75, 3.05) is 19.6 Å². The fourth-order valence-corrected chi connectivity index (χ4v) is 2.32. The van der Waals surface area contributed by atoms with Gasteiger partial charge in [-0.3, -0.25) is 4.90 Å². The normalized spacial score (nSPS) is 20.6. The molecule has 1 atom stereocenters. The van der Waals surface area contributed by atoms with E-state index in [0.29, 0.717) is 6.04 Å². The van der Waals surface area contributed by atoms with Gasteiger partial charge in [0.25, 0.3) is 0 Å². The van der Waals surface area contributed by atoms with E-state index in [2.05, 4.69) is 17.1 Å². The van der Waals surface area contributed by atoms with Crippen LogP contribution in [0.3, 0.4) is 0 Å². The second-order valence-electron chi connectivity index (χ2n) is 4.34. The van der Waals surface area contributed by atoms with Gasteiger partial charge in [0.1, 0.15) is 5.82 Å². The summed E-state index contributed by atoms with van der Waals surface area (Å²) in [5, 5.41) is 3.37. The first-order valence-electron chi connectivity index (χ1n) is 5.99. The van der Waals surface area contributed by atoms with Crippen LogP contribution in [0.2, 0.25) is 0 Å². The van der Waals surface area contributed by atoms with Crippen molar-refractivity contribution in [2.24, 2.45) is 0 Å². The summed E-state index contributed by atoms with van der Waals surface area (Å²) in [6.45, 7) is 6.19. The van der Waals surface area contributed by atoms with Crippen molar-refractivity contribution in [1.82, 2.24) is 10.2 Å². The second-order valence-corrected chi connectivity index (χ2v) is 4.34. The number of nitrogens with zero attached hydrogens (tertiary/aromatic N) is 1. The van der Waals surface area contributed by atoms with Gasteiger partial charge in [-0.25, -0.2) is 4.39 Å². The fraction of sp³-hybridized carbons (Fsp3) is 0.538. The molecule has 1 aromatic carbocycles. The maximum Gasteiger partial charge on any atom is 0.123 e. The summed E-state index contributed by atoms with van der Waals surface area (Å²) in [5.41, 5.74) is 1.06. The molecule has 88 valence electrons. The molecule has 0 bridgehead atoms. The third kappa shape index (κ3) is 2.80. The van der Waals surface area contributed by atoms with E-state index in [1.807, 2.05) is 6.07 Å². The Kier molecular flexibility index (Phi) is 3.91. The summed E-state index contributed by atoms with van der Waals surface area (Å²) in [5.74, 6) is -0.141. The molecule has 0 spiro atoms. The van der Waals surface area contributed by atoms with Crippen molar-refractivity contribution in [1.29, 1.82) is 0 Å². The second kappa shape index (κ2) is 5.41. The molecule has 0 radical (unpaired) electrons. The minimum Gasteiger partial charge on any atom is -0.315 e. The predicted molar refractivity (Wildman–Crippen MR) is 63.8 cm³/mol. The van der Waals surface area contributed by atoms with Crippen molar-refractivity contribution >= 4 is 0 Å². The maximum absolute atomic E-state index is 13.1. The number of hydrogen-bond acceptors (Lipinski definition) is 2. The molecule has 0 saturated carbocycles. The van der Waals surface area contributed by atoms with E-state index in [1.54, 1.807) is 12.1 Å². The number of nitrogens with one attached hydrogen (secondary N) is 1. The molecule has 1 aliphatic heterocycles. The van der Waals surface area contributed by atoms with Crippen LogP contribution in [0.1, 0.15) is 18.9 Å². The molecule has 2 rings (SSSR count). The van der Waals surface area contributed by atoms with Gasteiger partial charge in [0.05, 0.1) is 0 Å². The van der Waals surface area contributed by atoms with Crippen LogP contribution < -0.4 is 5.32 Å². The number of likely N-dealkylation sites (N-methyl/N-ethyl adjacent to an activating group) is 1. The highest BCUT2D eigenvalue weighted by atomic mass is 19.1. The molecule has 16 heavy (non-hydrogen) atoms. The van der Waals surface area contributed by atoms with Crippen molar-refractivity contribution in [3.63, 3.8) is 0 Å². The van der Waals surface area contributed by atoms with Gasteiger partial charge in [0.2, 0.25) is 0 Å². The van der Waals surface area contributed by atoms with Crippen LogP contribution in [-0.4, -0.2) is 30.6 Å². The maximum atomic E-state index is 13.1. The molecule has 1 aliphatic rings. The van der Waals surface area contributed by atoms with E-state index in [0.717, 1.165) is 31.7 Å². The lowest BCUT2D eigenvalue weighted by Crippen LogP contribution is -2.36. The van der Waals surface area contributed by atoms with Gasteiger partial charge in [0.15, 0.2) is 0 Å². The summed E-state index contributed by atoms with van der Waals surface area (Å²) >= 11 is 0. The highest BCUT2D eigenvalue weighted by Gasteiger charge is 2.20. The molecule has 3 heteroatoms. The third-order valence-corrected chi connectivity index (χ3v) is 3.23. The van der Waals surface area contributed by atoms with E-state index in [-0.39, 0.29) is 5.82 Å². The number of rotatable bonds is 4. The van der Waals surface area contributed by atoms with Gasteiger partial charge in [-0.15, -0.1) is 0 Å². The van der Waals surface area contributed by atoms with E-state index >= 15 is 0 Å². The largest absolute Gasteiger partial charge is 0.315 e. The van der Waals surface area contributed by atoms with Gasteiger partial charge >= 0.3 is 0 Å². The van der Waals surface area contributed by atoms with Crippen molar-refractivity contribution < 1.29 is 4.39 Å². The van der Waals surface area contributed by atoms with Crippen molar-refractivity contribution in [3.8, 4) is 0 Å². The first kappa shape index (κ1) is 11.6. The minimum atomic E-state index is -0.141. The monoisotopic (exact) mass is 222 g/mol. The summed E-state index contributed by atoms with van der Waals surface area (Å²) in [4.78, 5) is 2.41. The lowest BCUT2D eigenvalue weighted by Gasteiger charge is -2.26. The van der Waals surface area contributed by atoms with Crippen molar-refractivity contribution in [3.05, 3.63) is 35.6 Å². The van der Waals surface area contributed by atoms with E-state index < -0.39 is 0 Å². The first-order valence-corrected chi connectivity index (χ1v) is 5.99. The lowest BCUT2D eigenvalue weighted by atomic mass is 10.1. The Morgan fingerprint density at radius 1 is 1.50 bits per heavy atom. The van der Waals surface area contributed by atoms with Crippen LogP contribution >= 0.6 is 0 Å². The number of hydrogen-bond donors (Lipinski definition) is 1. The van der Waals surface area contributed by atoms with Crippen molar-refractivity contribution in [2.45, 2.75) is 25.9 Å². The van der Waals surface area contributed by atoms with Crippen LogP contribution in [0.5, 0.6) is 0 Å². The van der Waals surface area contributed by atoms with E-state index in [9.17, 15) is 4.39 Å². The topological polar surface area (TPSA) is 15.3 Å². The summed E-state index contributed by atoms with van der Waals surface area (Å²) < 4.78 is 13.1. The van der Waals surface area contributed by atoms with Gasteiger partial charge in [0, 0.05) is 19.1 Å². The quantitative estimate of drug-likeness (QED) is 0.838. The number of benzene rings is 1. The van der Waals surface area contributed by atoms with Gasteiger partial charge in [-0.1, -0.05) is 19.1 Å². The average Bonchev–Trinajstić information content (AvgIpc) is 2.79. The van der Waals surface area contributed by atoms with E-state index in [1.165, 1.54) is 12.5 Å². The zero-order valence-electron chi connectivity index (χ0n) is 9.75. The zero-order chi connectivity index (χ0) is 11.4. The molecule has 2 nitrogen and oxygen atoms in total. The van der Waals surface area contributed by atoms with Crippen LogP contribution in [0, 0.1) is 5.82 Å². The Morgan fingerprint density at radius 2 is 2.38 bits per heavy atom. The molecular formula is C13H19FN2. The SMILES string of the molecule is CCN(Cc1cccc(F)c1)C1CCNC1. The molecule has 1 aromatic rings. The third-order valence-electron chi connectivity index (χ3n) is 3.23. The molecule has 0 amide bonds. The smallest absolute Gasteiger partial charge is 0.123 e. The molecule has 1 fully saturated rings. The van der Waals surface area contributed by atoms with Crippen LogP contribution in [-0.2, 0) is 6.54 Å². The highest BCUT2D eigenvalue weighted by Crippen LogP contribution is 2.13. The van der Waals surface area contributed by atoms with Crippen LogP contribution in [0.25, 0.3) is 0 Å². The Morgan fingerprint density at radius 3 is 3.00 bits per heavy atom. The molecular weight excluding hydrogens is 203 g/mol. The molecule has 1 saturated heterocycles. The minimum absolute atomic E-state index is 0.141. The summed E-state index contributed by atoms with van der Waals surface area (Å²) in [6.07, 6.45) is 1.20. The zero-order valence-corrected chi connectivity index (χ0v) is 9.75. The number of halogens is 1. The van der Waals surface area contributed by atoms with Crippen LogP contribution in [0.15, 0.2) is 24.3 Å². The molecule has 1 N–H and O–H groups in total. The fourth-order valence-electron chi connectivity index (χ4n) is 2.32. The standard InChI is InChI=1S/C13H19FN2/c1-2-16(13-6-7-15-9-13)10-11-4-3-5-12(14)8-11/h3-5,8,13,15H,2,6-7,9-10H2,1H3. The van der Waals surface area contributed by atoms with E-state index in [4.69, 9.17) is 0 Å². The molecule has 1 heterocycles. The Bertz CT molecular complexity index is 334. The van der Waals surface area contributed by atoms with Crippen LogP contribution in [0.4, 0.5) is 4.39 Å².